The van der Waals surface area contributed by atoms with Gasteiger partial charge < -0.3 is 14.4 Å². The summed E-state index contributed by atoms with van der Waals surface area (Å²) in [7, 11) is 0. The van der Waals surface area contributed by atoms with Crippen LogP contribution in [0, 0.1) is 12.3 Å². The molecule has 0 unspecified atom stereocenters. The zero-order chi connectivity index (χ0) is 14.2. The summed E-state index contributed by atoms with van der Waals surface area (Å²) < 4.78 is 12.5. The minimum atomic E-state index is -0.109. The molecule has 1 aliphatic carbocycles. The second-order valence-corrected chi connectivity index (χ2v) is 7.34. The Bertz CT molecular complexity index is 366. The van der Waals surface area contributed by atoms with E-state index in [4.69, 9.17) is 9.47 Å². The Hall–Kier alpha value is -0.380. The quantitative estimate of drug-likeness (QED) is 0.789. The van der Waals surface area contributed by atoms with E-state index in [9.17, 15) is 0 Å². The molecule has 2 heterocycles. The Morgan fingerprint density at radius 1 is 1.30 bits per heavy atom. The maximum atomic E-state index is 6.40. The summed E-state index contributed by atoms with van der Waals surface area (Å²) in [5, 5.41) is 0. The molecular weight excluding hydrogens is 250 g/mol. The van der Waals surface area contributed by atoms with Crippen molar-refractivity contribution in [1.29, 1.82) is 0 Å². The van der Waals surface area contributed by atoms with Gasteiger partial charge in [-0.15, -0.1) is 0 Å². The van der Waals surface area contributed by atoms with Crippen molar-refractivity contribution in [2.45, 2.75) is 57.8 Å². The van der Waals surface area contributed by atoms with Gasteiger partial charge in [-0.1, -0.05) is 11.6 Å². The Morgan fingerprint density at radius 3 is 2.60 bits per heavy atom. The van der Waals surface area contributed by atoms with Crippen LogP contribution in [-0.2, 0) is 9.47 Å². The third kappa shape index (κ3) is 3.63. The number of hydrogen-bond acceptors (Lipinski definition) is 3. The second kappa shape index (κ2) is 5.78. The first-order chi connectivity index (χ1) is 9.53. The first-order valence-corrected chi connectivity index (χ1v) is 8.10. The highest BCUT2D eigenvalue weighted by Gasteiger charge is 2.41. The molecule has 0 amide bonds. The van der Waals surface area contributed by atoms with Crippen LogP contribution in [0.4, 0.5) is 0 Å². The number of ether oxygens (including phenoxy) is 2. The van der Waals surface area contributed by atoms with Crippen molar-refractivity contribution in [2.75, 3.05) is 26.2 Å². The topological polar surface area (TPSA) is 21.7 Å². The molecule has 0 saturated carbocycles. The number of hydrogen-bond donors (Lipinski definition) is 0. The fourth-order valence-electron chi connectivity index (χ4n) is 3.46. The molecule has 3 nitrogen and oxygen atoms in total. The van der Waals surface area contributed by atoms with Gasteiger partial charge >= 0.3 is 0 Å². The average Bonchev–Trinajstić information content (AvgIpc) is 3.08. The number of likely N-dealkylation sites (tertiary alicyclic amines) is 1. The van der Waals surface area contributed by atoms with E-state index in [1.54, 1.807) is 0 Å². The van der Waals surface area contributed by atoms with Gasteiger partial charge in [0.15, 0.2) is 0 Å². The largest absolute Gasteiger partial charge is 0.374 e. The van der Waals surface area contributed by atoms with Crippen LogP contribution in [0.15, 0.2) is 11.6 Å². The maximum absolute atomic E-state index is 6.40. The highest BCUT2D eigenvalue weighted by Crippen LogP contribution is 2.39. The molecule has 3 heteroatoms. The lowest BCUT2D eigenvalue weighted by Crippen LogP contribution is -2.50. The molecule has 2 aliphatic heterocycles. The normalized spacial score (nSPS) is 35.1. The SMILES string of the molecule is CC(C)(C)O[C@H]1[C@@H](CN2CCCC2)OCC[C@H]1C1=C[CH]1. The maximum Gasteiger partial charge on any atom is 0.0969 e. The van der Waals surface area contributed by atoms with E-state index in [0.717, 1.165) is 19.6 Å². The highest BCUT2D eigenvalue weighted by molar-refractivity contribution is 5.42. The van der Waals surface area contributed by atoms with E-state index in [1.165, 1.54) is 31.5 Å². The van der Waals surface area contributed by atoms with Gasteiger partial charge in [0.05, 0.1) is 17.8 Å². The van der Waals surface area contributed by atoms with Crippen molar-refractivity contribution in [3.8, 4) is 0 Å². The smallest absolute Gasteiger partial charge is 0.0969 e. The molecule has 113 valence electrons. The van der Waals surface area contributed by atoms with E-state index in [1.807, 2.05) is 0 Å². The molecule has 20 heavy (non-hydrogen) atoms. The molecule has 0 aromatic carbocycles. The molecule has 3 rings (SSSR count). The van der Waals surface area contributed by atoms with Crippen molar-refractivity contribution in [3.63, 3.8) is 0 Å². The van der Waals surface area contributed by atoms with Crippen molar-refractivity contribution >= 4 is 0 Å². The van der Waals surface area contributed by atoms with E-state index < -0.39 is 0 Å². The van der Waals surface area contributed by atoms with Gasteiger partial charge in [0.1, 0.15) is 0 Å². The van der Waals surface area contributed by atoms with E-state index >= 15 is 0 Å². The van der Waals surface area contributed by atoms with Crippen molar-refractivity contribution in [3.05, 3.63) is 18.1 Å². The molecule has 3 aliphatic rings. The van der Waals surface area contributed by atoms with Gasteiger partial charge in [0.2, 0.25) is 0 Å². The van der Waals surface area contributed by atoms with Gasteiger partial charge in [-0.25, -0.2) is 0 Å². The zero-order valence-corrected chi connectivity index (χ0v) is 13.1. The number of nitrogens with zero attached hydrogens (tertiary/aromatic N) is 1. The third-order valence-electron chi connectivity index (χ3n) is 4.44. The summed E-state index contributed by atoms with van der Waals surface area (Å²) in [5.41, 5.74) is 1.37. The Balaban J connectivity index is 1.69. The molecule has 2 saturated heterocycles. The first kappa shape index (κ1) is 14.6. The van der Waals surface area contributed by atoms with Gasteiger partial charge in [-0.3, -0.25) is 0 Å². The summed E-state index contributed by atoms with van der Waals surface area (Å²) in [6.45, 7) is 10.8. The molecule has 0 aromatic heterocycles. The highest BCUT2D eigenvalue weighted by atomic mass is 16.6. The Labute approximate surface area is 123 Å². The molecule has 0 aromatic rings. The van der Waals surface area contributed by atoms with Gasteiger partial charge in [-0.2, -0.15) is 0 Å². The van der Waals surface area contributed by atoms with Crippen LogP contribution in [0.5, 0.6) is 0 Å². The number of rotatable bonds is 4. The predicted octanol–water partition coefficient (Wildman–Crippen LogP) is 2.82. The molecule has 1 radical (unpaired) electrons. The Kier molecular flexibility index (Phi) is 4.21. The monoisotopic (exact) mass is 278 g/mol. The van der Waals surface area contributed by atoms with Crippen molar-refractivity contribution in [2.24, 2.45) is 5.92 Å². The summed E-state index contributed by atoms with van der Waals surface area (Å²) in [4.78, 5) is 2.54. The summed E-state index contributed by atoms with van der Waals surface area (Å²) >= 11 is 0. The van der Waals surface area contributed by atoms with Crippen LogP contribution in [0.25, 0.3) is 0 Å². The van der Waals surface area contributed by atoms with Crippen LogP contribution < -0.4 is 0 Å². The number of allylic oxidation sites excluding steroid dienone is 1. The van der Waals surface area contributed by atoms with Crippen molar-refractivity contribution < 1.29 is 9.47 Å². The molecule has 3 atom stereocenters. The van der Waals surface area contributed by atoms with E-state index in [-0.39, 0.29) is 17.8 Å². The molecule has 0 N–H and O–H groups in total. The summed E-state index contributed by atoms with van der Waals surface area (Å²) in [5.74, 6) is 0.538. The van der Waals surface area contributed by atoms with Crippen molar-refractivity contribution in [1.82, 2.24) is 4.90 Å². The lowest BCUT2D eigenvalue weighted by molar-refractivity contribution is -0.173. The summed E-state index contributed by atoms with van der Waals surface area (Å²) in [6, 6.07) is 0. The van der Waals surface area contributed by atoms with Gasteiger partial charge in [-0.05, 0) is 53.1 Å². The second-order valence-electron chi connectivity index (χ2n) is 7.34. The van der Waals surface area contributed by atoms with Crippen LogP contribution in [0.1, 0.15) is 40.0 Å². The van der Waals surface area contributed by atoms with Gasteiger partial charge in [0.25, 0.3) is 0 Å². The lowest BCUT2D eigenvalue weighted by Gasteiger charge is -2.42. The Morgan fingerprint density at radius 2 is 2.00 bits per heavy atom. The minimum Gasteiger partial charge on any atom is -0.374 e. The predicted molar refractivity (Wildman–Crippen MR) is 80.5 cm³/mol. The van der Waals surface area contributed by atoms with E-state index in [0.29, 0.717) is 5.92 Å². The fourth-order valence-corrected chi connectivity index (χ4v) is 3.46. The standard InChI is InChI=1S/C17H28NO2/c1-17(2,3)20-16-14(13-6-7-13)8-11-19-15(16)12-18-9-4-5-10-18/h6-7,14-16H,4-5,8-12H2,1-3H3/t14-,15+,16+/m0/s1. The lowest BCUT2D eigenvalue weighted by atomic mass is 9.88. The van der Waals surface area contributed by atoms with Crippen LogP contribution in [0.2, 0.25) is 0 Å². The molecule has 0 spiro atoms. The van der Waals surface area contributed by atoms with Crippen LogP contribution in [-0.4, -0.2) is 49.0 Å². The first-order valence-electron chi connectivity index (χ1n) is 8.10. The summed E-state index contributed by atoms with van der Waals surface area (Å²) in [6.07, 6.45) is 8.67. The average molecular weight is 278 g/mol. The minimum absolute atomic E-state index is 0.109. The molecule has 2 fully saturated rings. The fraction of sp³-hybridized carbons (Fsp3) is 0.824. The zero-order valence-electron chi connectivity index (χ0n) is 13.1. The van der Waals surface area contributed by atoms with Crippen LogP contribution >= 0.6 is 0 Å². The molecular formula is C17H28NO2. The third-order valence-corrected chi connectivity index (χ3v) is 4.44. The van der Waals surface area contributed by atoms with E-state index in [2.05, 4.69) is 38.2 Å². The van der Waals surface area contributed by atoms with Gasteiger partial charge in [0, 0.05) is 25.5 Å². The van der Waals surface area contributed by atoms with Crippen LogP contribution in [0.3, 0.4) is 0 Å². The molecule has 0 bridgehead atoms.